The summed E-state index contributed by atoms with van der Waals surface area (Å²) in [5.74, 6) is -1.36. The number of aryl methyl sites for hydroxylation is 1. The van der Waals surface area contributed by atoms with E-state index in [0.717, 1.165) is 40.8 Å². The van der Waals surface area contributed by atoms with Gasteiger partial charge in [-0.15, -0.1) is 0 Å². The summed E-state index contributed by atoms with van der Waals surface area (Å²) < 4.78 is 31.2. The van der Waals surface area contributed by atoms with Gasteiger partial charge in [-0.25, -0.2) is 8.78 Å². The predicted octanol–water partition coefficient (Wildman–Crippen LogP) is 6.18. The number of benzene rings is 4. The van der Waals surface area contributed by atoms with Crippen LogP contribution in [-0.2, 0) is 6.42 Å². The van der Waals surface area contributed by atoms with E-state index in [9.17, 15) is 0 Å². The van der Waals surface area contributed by atoms with Crippen LogP contribution in [-0.4, -0.2) is 0 Å². The van der Waals surface area contributed by atoms with E-state index in [1.165, 1.54) is 28.0 Å². The Hall–Kier alpha value is -3.52. The van der Waals surface area contributed by atoms with Crippen LogP contribution in [0.3, 0.4) is 0 Å². The summed E-state index contributed by atoms with van der Waals surface area (Å²) in [6.07, 6.45) is 2.86. The Morgan fingerprint density at radius 1 is 0.667 bits per heavy atom. The zero-order chi connectivity index (χ0) is 22.5. The zero-order valence-electron chi connectivity index (χ0n) is 18.5. The van der Waals surface area contributed by atoms with E-state index in [1.54, 1.807) is 18.2 Å². The van der Waals surface area contributed by atoms with Crippen LogP contribution in [0.5, 0.6) is 0 Å². The van der Waals surface area contributed by atoms with Gasteiger partial charge < -0.3 is 0 Å². The lowest BCUT2D eigenvalue weighted by molar-refractivity contribution is 0.592. The molecule has 0 N–H and O–H groups in total. The van der Waals surface area contributed by atoms with Crippen molar-refractivity contribution in [3.63, 3.8) is 0 Å². The van der Waals surface area contributed by atoms with Gasteiger partial charge in [-0.1, -0.05) is 78.9 Å². The van der Waals surface area contributed by atoms with Crippen LogP contribution in [0.2, 0.25) is 0 Å². The largest absolute Gasteiger partial charge is 0.210 e. The molecule has 0 fully saturated rings. The first-order chi connectivity index (χ1) is 16.1. The molecule has 0 aromatic heterocycles. The van der Waals surface area contributed by atoms with Crippen molar-refractivity contribution in [3.8, 4) is 0 Å². The lowest BCUT2D eigenvalue weighted by atomic mass is 9.77. The number of fused-ring (bicyclic) bond motifs is 4. The Bertz CT molecular complexity index is 1630. The van der Waals surface area contributed by atoms with E-state index < -0.39 is 5.92 Å². The summed E-state index contributed by atoms with van der Waals surface area (Å²) in [4.78, 5) is 0. The molecule has 2 heteroatoms. The molecule has 0 saturated heterocycles. The Labute approximate surface area is 191 Å². The van der Waals surface area contributed by atoms with Gasteiger partial charge in [-0.3, -0.25) is 0 Å². The molecule has 4 aromatic carbocycles. The molecule has 2 aliphatic rings. The molecule has 0 aliphatic heterocycles. The summed E-state index contributed by atoms with van der Waals surface area (Å²) in [6, 6.07) is 27.0. The van der Waals surface area contributed by atoms with Crippen LogP contribution in [0, 0.1) is 23.2 Å². The molecule has 0 spiro atoms. The van der Waals surface area contributed by atoms with Crippen molar-refractivity contribution in [2.75, 3.05) is 0 Å². The molecule has 6 rings (SSSR count). The minimum atomic E-state index is -0.734. The van der Waals surface area contributed by atoms with Gasteiger partial charge in [-0.05, 0) is 75.7 Å². The molecule has 0 saturated carbocycles. The van der Waals surface area contributed by atoms with Crippen molar-refractivity contribution >= 4 is 11.4 Å². The molecule has 2 aliphatic carbocycles. The fourth-order valence-corrected chi connectivity index (χ4v) is 5.76. The third-order valence-corrected chi connectivity index (χ3v) is 7.24. The summed E-state index contributed by atoms with van der Waals surface area (Å²) in [6.45, 7) is 2.14. The van der Waals surface area contributed by atoms with Gasteiger partial charge >= 0.3 is 0 Å². The molecule has 1 unspecified atom stereocenters. The molecule has 0 amide bonds. The highest BCUT2D eigenvalue weighted by Gasteiger charge is 2.30. The van der Waals surface area contributed by atoms with E-state index >= 15 is 8.78 Å². The highest BCUT2D eigenvalue weighted by Crippen LogP contribution is 2.39. The monoisotopic (exact) mass is 434 g/mol. The SMILES string of the molecule is Cc1ccccc1C1=c2ccc3c(c2CCC1)C(c1ccccc1F)C(F)=c1ccccc1=3. The van der Waals surface area contributed by atoms with E-state index in [1.807, 2.05) is 24.3 Å². The maximum Gasteiger partial charge on any atom is 0.127 e. The van der Waals surface area contributed by atoms with Crippen molar-refractivity contribution in [3.05, 3.63) is 139 Å². The summed E-state index contributed by atoms with van der Waals surface area (Å²) >= 11 is 0. The van der Waals surface area contributed by atoms with Crippen molar-refractivity contribution in [1.29, 1.82) is 0 Å². The predicted molar refractivity (Wildman–Crippen MR) is 129 cm³/mol. The summed E-state index contributed by atoms with van der Waals surface area (Å²) in [5, 5.41) is 3.66. The molecular formula is C31H24F2. The van der Waals surface area contributed by atoms with Crippen LogP contribution >= 0.6 is 0 Å². The van der Waals surface area contributed by atoms with Crippen molar-refractivity contribution < 1.29 is 8.78 Å². The molecule has 4 aromatic rings. The third kappa shape index (κ3) is 3.08. The van der Waals surface area contributed by atoms with Gasteiger partial charge in [0.05, 0.1) is 5.92 Å². The Kier molecular flexibility index (Phi) is 4.76. The maximum absolute atomic E-state index is 16.2. The van der Waals surface area contributed by atoms with Gasteiger partial charge in [0.15, 0.2) is 0 Å². The standard InChI is InChI=1S/C31H24F2/c1-19-9-2-3-10-20(19)21-14-8-15-24-23(21)17-18-25-22-11-4-5-12-26(22)31(33)30(29(24)25)27-13-6-7-16-28(27)32/h2-7,9-13,16-18,30H,8,14-15H2,1H3. The van der Waals surface area contributed by atoms with Gasteiger partial charge in [0.2, 0.25) is 0 Å². The molecule has 0 heterocycles. The molecule has 33 heavy (non-hydrogen) atoms. The van der Waals surface area contributed by atoms with Crippen LogP contribution in [0.15, 0.2) is 84.9 Å². The quantitative estimate of drug-likeness (QED) is 0.353. The minimum absolute atomic E-state index is 0.264. The second kappa shape index (κ2) is 7.81. The lowest BCUT2D eigenvalue weighted by Gasteiger charge is -2.27. The van der Waals surface area contributed by atoms with Crippen LogP contribution in [0.25, 0.3) is 11.4 Å². The Morgan fingerprint density at radius 3 is 2.18 bits per heavy atom. The fraction of sp³-hybridized carbons (Fsp3) is 0.161. The number of rotatable bonds is 2. The van der Waals surface area contributed by atoms with E-state index in [4.69, 9.17) is 0 Å². The van der Waals surface area contributed by atoms with Gasteiger partial charge in [-0.2, -0.15) is 0 Å². The van der Waals surface area contributed by atoms with E-state index in [-0.39, 0.29) is 11.6 Å². The summed E-state index contributed by atoms with van der Waals surface area (Å²) in [5.41, 5.74) is 6.30. The van der Waals surface area contributed by atoms with Gasteiger partial charge in [0.25, 0.3) is 0 Å². The molecule has 1 atom stereocenters. The van der Waals surface area contributed by atoms with Crippen molar-refractivity contribution in [1.82, 2.24) is 0 Å². The Balaban J connectivity index is 1.79. The average Bonchev–Trinajstić information content (AvgIpc) is 2.85. The fourth-order valence-electron chi connectivity index (χ4n) is 5.76. The van der Waals surface area contributed by atoms with E-state index in [2.05, 4.69) is 43.3 Å². The van der Waals surface area contributed by atoms with Crippen molar-refractivity contribution in [2.24, 2.45) is 0 Å². The number of halogens is 2. The van der Waals surface area contributed by atoms with Gasteiger partial charge in [0.1, 0.15) is 11.6 Å². The third-order valence-electron chi connectivity index (χ3n) is 7.24. The first-order valence-electron chi connectivity index (χ1n) is 11.6. The first kappa shape index (κ1) is 20.1. The Morgan fingerprint density at radius 2 is 1.36 bits per heavy atom. The molecule has 0 nitrogen and oxygen atoms in total. The van der Waals surface area contributed by atoms with Crippen molar-refractivity contribution in [2.45, 2.75) is 32.1 Å². The lowest BCUT2D eigenvalue weighted by Crippen LogP contribution is -2.27. The van der Waals surface area contributed by atoms with E-state index in [0.29, 0.717) is 10.8 Å². The second-order valence-electron chi connectivity index (χ2n) is 9.05. The molecule has 0 bridgehead atoms. The highest BCUT2D eigenvalue weighted by molar-refractivity contribution is 5.71. The first-order valence-corrected chi connectivity index (χ1v) is 11.6. The zero-order valence-corrected chi connectivity index (χ0v) is 18.5. The van der Waals surface area contributed by atoms with Gasteiger partial charge in [0, 0.05) is 10.8 Å². The molecule has 0 radical (unpaired) electrons. The number of hydrogen-bond donors (Lipinski definition) is 0. The second-order valence-corrected chi connectivity index (χ2v) is 9.05. The number of hydrogen-bond acceptors (Lipinski definition) is 0. The topological polar surface area (TPSA) is 0 Å². The van der Waals surface area contributed by atoms with Crippen LogP contribution in [0.4, 0.5) is 8.78 Å². The maximum atomic E-state index is 16.2. The highest BCUT2D eigenvalue weighted by atomic mass is 19.1. The minimum Gasteiger partial charge on any atom is -0.210 e. The normalized spacial score (nSPS) is 16.8. The smallest absolute Gasteiger partial charge is 0.127 e. The van der Waals surface area contributed by atoms with Crippen LogP contribution < -0.4 is 10.4 Å². The average molecular weight is 435 g/mol. The molecular weight excluding hydrogens is 410 g/mol. The summed E-state index contributed by atoms with van der Waals surface area (Å²) in [7, 11) is 0. The van der Waals surface area contributed by atoms with Crippen LogP contribution in [0.1, 0.15) is 46.6 Å². The molecule has 162 valence electrons.